The maximum Gasteiger partial charge on any atom is 0.244 e. The number of hydrogen-bond acceptors (Lipinski definition) is 6. The maximum absolute atomic E-state index is 9.77. The summed E-state index contributed by atoms with van der Waals surface area (Å²) < 4.78 is 17.3. The van der Waals surface area contributed by atoms with E-state index in [-0.39, 0.29) is 17.9 Å². The molecule has 0 unspecified atom stereocenters. The van der Waals surface area contributed by atoms with Crippen LogP contribution in [0.15, 0.2) is 29.7 Å². The van der Waals surface area contributed by atoms with Crippen LogP contribution >= 0.6 is 0 Å². The lowest BCUT2D eigenvalue weighted by molar-refractivity contribution is 0.223. The predicted molar refractivity (Wildman–Crippen MR) is 105 cm³/mol. The number of allylic oxidation sites excluding steroid dienone is 1. The van der Waals surface area contributed by atoms with Gasteiger partial charge in [0.2, 0.25) is 11.8 Å². The van der Waals surface area contributed by atoms with Crippen molar-refractivity contribution in [3.63, 3.8) is 0 Å². The number of ether oxygens (including phenoxy) is 3. The van der Waals surface area contributed by atoms with Crippen LogP contribution in [0, 0.1) is 11.3 Å². The fraction of sp³-hybridized carbons (Fsp3) is 0.429. The third-order valence-electron chi connectivity index (χ3n) is 4.48. The smallest absolute Gasteiger partial charge is 0.244 e. The Morgan fingerprint density at radius 2 is 2.11 bits per heavy atom. The Bertz CT molecular complexity index is 924. The minimum Gasteiger partial charge on any atom is -0.490 e. The lowest BCUT2D eigenvalue weighted by Crippen LogP contribution is -2.21. The molecule has 1 atom stereocenters. The second kappa shape index (κ2) is 8.26. The van der Waals surface area contributed by atoms with E-state index in [1.165, 1.54) is 0 Å². The van der Waals surface area contributed by atoms with E-state index >= 15 is 0 Å². The van der Waals surface area contributed by atoms with Crippen LogP contribution in [-0.2, 0) is 6.42 Å². The fourth-order valence-corrected chi connectivity index (χ4v) is 3.41. The molecule has 2 heterocycles. The second-order valence-electron chi connectivity index (χ2n) is 6.90. The fourth-order valence-electron chi connectivity index (χ4n) is 3.41. The summed E-state index contributed by atoms with van der Waals surface area (Å²) in [7, 11) is 0. The molecule has 0 amide bonds. The molecule has 0 bridgehead atoms. The first kappa shape index (κ1) is 19.6. The van der Waals surface area contributed by atoms with Gasteiger partial charge in [0.25, 0.3) is 0 Å². The first-order valence-electron chi connectivity index (χ1n) is 9.58. The number of aromatic amines is 1. The topological polar surface area (TPSA) is 106 Å². The monoisotopic (exact) mass is 382 g/mol. The Morgan fingerprint density at radius 1 is 1.32 bits per heavy atom. The van der Waals surface area contributed by atoms with Gasteiger partial charge in [-0.25, -0.2) is 0 Å². The van der Waals surface area contributed by atoms with Crippen LogP contribution in [0.4, 0.5) is 0 Å². The van der Waals surface area contributed by atoms with Crippen molar-refractivity contribution in [2.75, 3.05) is 6.61 Å². The molecule has 0 saturated heterocycles. The number of nitrogens with two attached hydrogens (primary N) is 1. The molecular formula is C21H26N4O3. The Labute approximate surface area is 165 Å². The van der Waals surface area contributed by atoms with Crippen molar-refractivity contribution >= 4 is 0 Å². The minimum absolute atomic E-state index is 0.0231. The second-order valence-corrected chi connectivity index (χ2v) is 6.90. The van der Waals surface area contributed by atoms with Gasteiger partial charge in [-0.2, -0.15) is 5.26 Å². The largest absolute Gasteiger partial charge is 0.490 e. The highest BCUT2D eigenvalue weighted by atomic mass is 16.5. The summed E-state index contributed by atoms with van der Waals surface area (Å²) in [5.41, 5.74) is 9.08. The van der Waals surface area contributed by atoms with E-state index in [0.717, 1.165) is 29.7 Å². The van der Waals surface area contributed by atoms with Crippen molar-refractivity contribution in [1.82, 2.24) is 10.2 Å². The van der Waals surface area contributed by atoms with Gasteiger partial charge in [-0.15, -0.1) is 5.10 Å². The summed E-state index contributed by atoms with van der Waals surface area (Å²) in [5, 5.41) is 17.1. The number of aryl methyl sites for hydroxylation is 1. The molecule has 1 aromatic carbocycles. The quantitative estimate of drug-likeness (QED) is 0.755. The van der Waals surface area contributed by atoms with Gasteiger partial charge in [-0.1, -0.05) is 19.4 Å². The molecule has 1 aromatic heterocycles. The Kier molecular flexibility index (Phi) is 5.78. The van der Waals surface area contributed by atoms with E-state index in [1.807, 2.05) is 39.0 Å². The number of nitrogens with zero attached hydrogens (tertiary/aromatic N) is 2. The molecule has 0 saturated carbocycles. The van der Waals surface area contributed by atoms with Crippen LogP contribution in [0.5, 0.6) is 17.4 Å². The zero-order valence-corrected chi connectivity index (χ0v) is 16.7. The SMILES string of the molecule is CCCc1[nH]nc2c1[C@H](c1ccc(OC(C)C)c(OCC)c1)C(C#N)=C(N)O2. The van der Waals surface area contributed by atoms with Gasteiger partial charge in [-0.05, 0) is 44.9 Å². The number of H-pyrrole nitrogens is 1. The van der Waals surface area contributed by atoms with Crippen LogP contribution in [0.25, 0.3) is 0 Å². The maximum atomic E-state index is 9.77. The van der Waals surface area contributed by atoms with Crippen LogP contribution in [-0.4, -0.2) is 22.9 Å². The first-order chi connectivity index (χ1) is 13.5. The van der Waals surface area contributed by atoms with Crippen LogP contribution in [0.2, 0.25) is 0 Å². The van der Waals surface area contributed by atoms with Gasteiger partial charge < -0.3 is 19.9 Å². The average molecular weight is 382 g/mol. The minimum atomic E-state index is -0.374. The molecule has 0 aliphatic carbocycles. The first-order valence-corrected chi connectivity index (χ1v) is 9.58. The van der Waals surface area contributed by atoms with Gasteiger partial charge >= 0.3 is 0 Å². The molecule has 3 N–H and O–H groups in total. The normalized spacial score (nSPS) is 15.8. The van der Waals surface area contributed by atoms with E-state index in [1.54, 1.807) is 0 Å². The molecule has 0 radical (unpaired) electrons. The summed E-state index contributed by atoms with van der Waals surface area (Å²) in [6, 6.07) is 7.94. The third-order valence-corrected chi connectivity index (χ3v) is 4.48. The molecule has 3 rings (SSSR count). The molecule has 148 valence electrons. The average Bonchev–Trinajstić information content (AvgIpc) is 3.04. The summed E-state index contributed by atoms with van der Waals surface area (Å²) >= 11 is 0. The molecule has 0 spiro atoms. The number of benzene rings is 1. The van der Waals surface area contributed by atoms with Crippen molar-refractivity contribution in [2.45, 2.75) is 52.6 Å². The molecule has 2 aromatic rings. The van der Waals surface area contributed by atoms with Gasteiger partial charge in [0.05, 0.1) is 18.6 Å². The van der Waals surface area contributed by atoms with Crippen LogP contribution in [0.3, 0.4) is 0 Å². The van der Waals surface area contributed by atoms with Crippen LogP contribution in [0.1, 0.15) is 56.9 Å². The number of nitrogens with one attached hydrogen (secondary N) is 1. The van der Waals surface area contributed by atoms with Gasteiger partial charge in [0.15, 0.2) is 11.5 Å². The van der Waals surface area contributed by atoms with Crippen molar-refractivity contribution < 1.29 is 14.2 Å². The predicted octanol–water partition coefficient (Wildman–Crippen LogP) is 3.77. The Balaban J connectivity index is 2.14. The zero-order valence-electron chi connectivity index (χ0n) is 16.7. The van der Waals surface area contributed by atoms with Crippen LogP contribution < -0.4 is 19.9 Å². The lowest BCUT2D eigenvalue weighted by Gasteiger charge is -2.25. The summed E-state index contributed by atoms with van der Waals surface area (Å²) in [6.45, 7) is 8.45. The molecule has 7 nitrogen and oxygen atoms in total. The summed E-state index contributed by atoms with van der Waals surface area (Å²) in [5.74, 6) is 1.43. The van der Waals surface area contributed by atoms with E-state index in [4.69, 9.17) is 19.9 Å². The lowest BCUT2D eigenvalue weighted by atomic mass is 9.83. The Morgan fingerprint density at radius 3 is 2.75 bits per heavy atom. The highest BCUT2D eigenvalue weighted by Gasteiger charge is 2.35. The van der Waals surface area contributed by atoms with E-state index in [9.17, 15) is 5.26 Å². The van der Waals surface area contributed by atoms with E-state index in [0.29, 0.717) is 29.6 Å². The third kappa shape index (κ3) is 3.63. The number of nitriles is 1. The molecule has 7 heteroatoms. The van der Waals surface area contributed by atoms with Crippen molar-refractivity contribution in [1.29, 1.82) is 5.26 Å². The van der Waals surface area contributed by atoms with Crippen molar-refractivity contribution in [3.05, 3.63) is 46.5 Å². The highest BCUT2D eigenvalue weighted by Crippen LogP contribution is 2.45. The highest BCUT2D eigenvalue weighted by molar-refractivity contribution is 5.57. The van der Waals surface area contributed by atoms with Gasteiger partial charge in [-0.3, -0.25) is 5.10 Å². The van der Waals surface area contributed by atoms with Gasteiger partial charge in [0.1, 0.15) is 11.6 Å². The Hall–Kier alpha value is -3.14. The van der Waals surface area contributed by atoms with E-state index < -0.39 is 0 Å². The van der Waals surface area contributed by atoms with Gasteiger partial charge in [0, 0.05) is 11.3 Å². The number of aromatic nitrogens is 2. The molecule has 1 aliphatic rings. The van der Waals surface area contributed by atoms with E-state index in [2.05, 4.69) is 23.2 Å². The molecular weight excluding hydrogens is 356 g/mol. The molecule has 1 aliphatic heterocycles. The summed E-state index contributed by atoms with van der Waals surface area (Å²) in [4.78, 5) is 0. The van der Waals surface area contributed by atoms with Crippen molar-refractivity contribution in [3.8, 4) is 23.4 Å². The zero-order chi connectivity index (χ0) is 20.3. The summed E-state index contributed by atoms with van der Waals surface area (Å²) in [6.07, 6.45) is 1.76. The number of fused-ring (bicyclic) bond motifs is 1. The van der Waals surface area contributed by atoms with Crippen molar-refractivity contribution in [2.24, 2.45) is 5.73 Å². The number of rotatable bonds is 7. The molecule has 28 heavy (non-hydrogen) atoms. The number of hydrogen-bond donors (Lipinski definition) is 2. The standard InChI is InChI=1S/C21H26N4O3/c1-5-7-15-19-18(14(11-22)20(23)28-21(19)25-24-15)13-8-9-16(27-12(3)4)17(10-13)26-6-2/h8-10,12,18H,5-7,23H2,1-4H3,(H,24,25)/t18-/m1/s1. The molecule has 0 fully saturated rings.